The Morgan fingerprint density at radius 3 is 3.07 bits per heavy atom. The number of rotatable bonds is 3. The van der Waals surface area contributed by atoms with Crippen molar-refractivity contribution in [3.05, 3.63) is 18.0 Å². The van der Waals surface area contributed by atoms with Gasteiger partial charge in [0.25, 0.3) is 0 Å². The second-order valence-electron chi connectivity index (χ2n) is 3.65. The first-order valence-electron chi connectivity index (χ1n) is 5.10. The normalized spacial score (nSPS) is 22.3. The van der Waals surface area contributed by atoms with Crippen molar-refractivity contribution in [2.24, 2.45) is 5.16 Å². The van der Waals surface area contributed by atoms with E-state index in [0.29, 0.717) is 0 Å². The summed E-state index contributed by atoms with van der Waals surface area (Å²) in [5, 5.41) is 8.21. The van der Waals surface area contributed by atoms with Gasteiger partial charge in [-0.05, 0) is 13.8 Å². The molecule has 1 aliphatic heterocycles. The first kappa shape index (κ1) is 10.5. The zero-order valence-electron chi connectivity index (χ0n) is 8.85. The van der Waals surface area contributed by atoms with Gasteiger partial charge < -0.3 is 4.84 Å². The van der Waals surface area contributed by atoms with E-state index in [1.54, 1.807) is 0 Å². The highest BCUT2D eigenvalue weighted by atomic mass is 35.5. The lowest BCUT2D eigenvalue weighted by atomic mass is 10.1. The van der Waals surface area contributed by atoms with Gasteiger partial charge in [0.2, 0.25) is 0 Å². The standard InChI is InChI=1S/C10H14ClN3O/c1-3-14-6-8(5-12-14)9-4-10(7(2)11)15-13-9/h5-7,10H,3-4H2,1-2H3. The fourth-order valence-electron chi connectivity index (χ4n) is 1.50. The summed E-state index contributed by atoms with van der Waals surface area (Å²) in [6, 6.07) is 0. The molecule has 1 aromatic heterocycles. The van der Waals surface area contributed by atoms with Crippen molar-refractivity contribution in [1.82, 2.24) is 9.78 Å². The molecular formula is C10H14ClN3O. The van der Waals surface area contributed by atoms with Gasteiger partial charge in [0.05, 0.1) is 17.3 Å². The average Bonchev–Trinajstić information content (AvgIpc) is 2.86. The number of hydrogen-bond donors (Lipinski definition) is 0. The molecule has 0 radical (unpaired) electrons. The van der Waals surface area contributed by atoms with E-state index in [4.69, 9.17) is 16.4 Å². The van der Waals surface area contributed by atoms with E-state index in [1.807, 2.05) is 30.9 Å². The molecule has 0 spiro atoms. The average molecular weight is 228 g/mol. The van der Waals surface area contributed by atoms with Gasteiger partial charge in [0, 0.05) is 24.7 Å². The molecule has 0 amide bonds. The molecule has 0 bridgehead atoms. The van der Waals surface area contributed by atoms with Gasteiger partial charge in [0.15, 0.2) is 0 Å². The molecule has 82 valence electrons. The number of oxime groups is 1. The number of hydrogen-bond acceptors (Lipinski definition) is 3. The van der Waals surface area contributed by atoms with Crippen molar-refractivity contribution >= 4 is 17.3 Å². The number of nitrogens with zero attached hydrogens (tertiary/aromatic N) is 3. The largest absolute Gasteiger partial charge is 0.390 e. The lowest BCUT2D eigenvalue weighted by molar-refractivity contribution is 0.0855. The monoisotopic (exact) mass is 227 g/mol. The highest BCUT2D eigenvalue weighted by Crippen LogP contribution is 2.21. The Balaban J connectivity index is 2.07. The highest BCUT2D eigenvalue weighted by molar-refractivity contribution is 6.21. The summed E-state index contributed by atoms with van der Waals surface area (Å²) in [5.41, 5.74) is 1.96. The number of alkyl halides is 1. The molecule has 15 heavy (non-hydrogen) atoms. The van der Waals surface area contributed by atoms with Crippen molar-refractivity contribution in [1.29, 1.82) is 0 Å². The predicted molar refractivity (Wildman–Crippen MR) is 59.2 cm³/mol. The number of aromatic nitrogens is 2. The van der Waals surface area contributed by atoms with Gasteiger partial charge >= 0.3 is 0 Å². The number of aryl methyl sites for hydroxylation is 1. The SMILES string of the molecule is CCn1cc(C2=NOC(C(C)Cl)C2)cn1. The Hall–Kier alpha value is -1.03. The van der Waals surface area contributed by atoms with Crippen molar-refractivity contribution in [3.8, 4) is 0 Å². The molecule has 2 rings (SSSR count). The Labute approximate surface area is 93.9 Å². The molecule has 1 aliphatic rings. The minimum absolute atomic E-state index is 0.00774. The van der Waals surface area contributed by atoms with Crippen molar-refractivity contribution in [2.45, 2.75) is 38.3 Å². The quantitative estimate of drug-likeness (QED) is 0.742. The van der Waals surface area contributed by atoms with Crippen LogP contribution in [0.3, 0.4) is 0 Å². The summed E-state index contributed by atoms with van der Waals surface area (Å²) in [5.74, 6) is 0. The zero-order chi connectivity index (χ0) is 10.8. The third-order valence-corrected chi connectivity index (χ3v) is 2.78. The van der Waals surface area contributed by atoms with Gasteiger partial charge in [0.1, 0.15) is 6.10 Å². The van der Waals surface area contributed by atoms with Gasteiger partial charge in [-0.3, -0.25) is 4.68 Å². The van der Waals surface area contributed by atoms with E-state index in [9.17, 15) is 0 Å². The fraction of sp³-hybridized carbons (Fsp3) is 0.600. The smallest absolute Gasteiger partial charge is 0.149 e. The summed E-state index contributed by atoms with van der Waals surface area (Å²) >= 11 is 5.95. The lowest BCUT2D eigenvalue weighted by Crippen LogP contribution is -2.18. The van der Waals surface area contributed by atoms with E-state index >= 15 is 0 Å². The van der Waals surface area contributed by atoms with E-state index in [-0.39, 0.29) is 11.5 Å². The highest BCUT2D eigenvalue weighted by Gasteiger charge is 2.26. The van der Waals surface area contributed by atoms with Crippen molar-refractivity contribution < 1.29 is 4.84 Å². The van der Waals surface area contributed by atoms with Gasteiger partial charge in [-0.15, -0.1) is 11.6 Å². The van der Waals surface area contributed by atoms with Gasteiger partial charge in [-0.2, -0.15) is 5.10 Å². The molecule has 0 saturated carbocycles. The molecule has 4 nitrogen and oxygen atoms in total. The fourth-order valence-corrected chi connectivity index (χ4v) is 1.63. The van der Waals surface area contributed by atoms with Crippen LogP contribution in [0.25, 0.3) is 0 Å². The Bertz CT molecular complexity index is 372. The van der Waals surface area contributed by atoms with Crippen LogP contribution in [-0.2, 0) is 11.4 Å². The molecule has 2 atom stereocenters. The van der Waals surface area contributed by atoms with Crippen LogP contribution < -0.4 is 0 Å². The molecule has 2 unspecified atom stereocenters. The van der Waals surface area contributed by atoms with Crippen LogP contribution >= 0.6 is 11.6 Å². The Morgan fingerprint density at radius 2 is 2.53 bits per heavy atom. The number of halogens is 1. The molecule has 0 saturated heterocycles. The topological polar surface area (TPSA) is 39.4 Å². The molecule has 0 N–H and O–H groups in total. The molecule has 1 aromatic rings. The first-order valence-corrected chi connectivity index (χ1v) is 5.54. The third kappa shape index (κ3) is 2.15. The summed E-state index contributed by atoms with van der Waals surface area (Å²) in [6.45, 7) is 4.83. The maximum Gasteiger partial charge on any atom is 0.149 e. The van der Waals surface area contributed by atoms with E-state index in [1.165, 1.54) is 0 Å². The molecule has 2 heterocycles. The molecule has 5 heteroatoms. The second kappa shape index (κ2) is 4.23. The zero-order valence-corrected chi connectivity index (χ0v) is 9.61. The molecule has 0 fully saturated rings. The van der Waals surface area contributed by atoms with Crippen LogP contribution in [0, 0.1) is 0 Å². The molecular weight excluding hydrogens is 214 g/mol. The Morgan fingerprint density at radius 1 is 1.73 bits per heavy atom. The van der Waals surface area contributed by atoms with Crippen LogP contribution in [-0.4, -0.2) is 27.0 Å². The van der Waals surface area contributed by atoms with E-state index in [0.717, 1.165) is 24.2 Å². The summed E-state index contributed by atoms with van der Waals surface area (Å²) < 4.78 is 1.87. The minimum atomic E-state index is -0.0209. The maximum absolute atomic E-state index is 5.95. The van der Waals surface area contributed by atoms with Crippen LogP contribution in [0.1, 0.15) is 25.8 Å². The summed E-state index contributed by atoms with van der Waals surface area (Å²) in [7, 11) is 0. The summed E-state index contributed by atoms with van der Waals surface area (Å²) in [6.07, 6.45) is 4.54. The van der Waals surface area contributed by atoms with Crippen LogP contribution in [0.4, 0.5) is 0 Å². The van der Waals surface area contributed by atoms with Gasteiger partial charge in [-0.1, -0.05) is 5.16 Å². The lowest BCUT2D eigenvalue weighted by Gasteiger charge is -2.08. The molecule has 0 aliphatic carbocycles. The van der Waals surface area contributed by atoms with Crippen LogP contribution in [0.15, 0.2) is 17.5 Å². The van der Waals surface area contributed by atoms with Gasteiger partial charge in [-0.25, -0.2) is 0 Å². The second-order valence-corrected chi connectivity index (χ2v) is 4.34. The first-order chi connectivity index (χ1) is 7.20. The predicted octanol–water partition coefficient (Wildman–Crippen LogP) is 2.02. The van der Waals surface area contributed by atoms with Crippen LogP contribution in [0.5, 0.6) is 0 Å². The molecule has 0 aromatic carbocycles. The van der Waals surface area contributed by atoms with Crippen molar-refractivity contribution in [2.75, 3.05) is 0 Å². The third-order valence-electron chi connectivity index (χ3n) is 2.50. The summed E-state index contributed by atoms with van der Waals surface area (Å²) in [4.78, 5) is 5.24. The van der Waals surface area contributed by atoms with Crippen LogP contribution in [0.2, 0.25) is 0 Å². The van der Waals surface area contributed by atoms with E-state index in [2.05, 4.69) is 10.3 Å². The van der Waals surface area contributed by atoms with Crippen molar-refractivity contribution in [3.63, 3.8) is 0 Å². The van der Waals surface area contributed by atoms with E-state index < -0.39 is 0 Å². The maximum atomic E-state index is 5.95. The minimum Gasteiger partial charge on any atom is -0.390 e. The Kier molecular flexibility index (Phi) is 2.95.